The summed E-state index contributed by atoms with van der Waals surface area (Å²) in [6.45, 7) is 3.54. The Morgan fingerprint density at radius 2 is 1.95 bits per heavy atom. The van der Waals surface area contributed by atoms with Crippen LogP contribution in [0.4, 0.5) is 0 Å². The molecular weight excluding hydrogens is 240 g/mol. The average Bonchev–Trinajstić information content (AvgIpc) is 2.38. The summed E-state index contributed by atoms with van der Waals surface area (Å²) in [5.74, 6) is -0.969. The molecule has 0 aromatic heterocycles. The number of esters is 1. The van der Waals surface area contributed by atoms with Gasteiger partial charge in [0.1, 0.15) is 15.7 Å². The number of carbonyl (C=O) groups excluding carboxylic acids is 2. The van der Waals surface area contributed by atoms with Gasteiger partial charge >= 0.3 is 5.97 Å². The van der Waals surface area contributed by atoms with E-state index in [0.717, 1.165) is 5.56 Å². The third-order valence-electron chi connectivity index (χ3n) is 3.32. The topological polar surface area (TPSA) is 55.4 Å². The van der Waals surface area contributed by atoms with Crippen LogP contribution < -0.4 is 5.32 Å². The first-order valence-corrected chi connectivity index (χ1v) is 6.42. The van der Waals surface area contributed by atoms with Crippen molar-refractivity contribution in [3.05, 3.63) is 35.9 Å². The molecule has 0 fully saturated rings. The maximum Gasteiger partial charge on any atom is 0.302 e. The first kappa shape index (κ1) is 15.3. The molecule has 0 aliphatic rings. The number of hydrogen-bond acceptors (Lipinski definition) is 3. The molecule has 1 amide bonds. The minimum atomic E-state index is -0.778. The SMILES string of the molecule is BC(C(=O)OCC)C(B)(NC(C)=O)c1ccccc1. The van der Waals surface area contributed by atoms with E-state index in [1.54, 1.807) is 14.8 Å². The van der Waals surface area contributed by atoms with Crippen molar-refractivity contribution < 1.29 is 14.3 Å². The lowest BCUT2D eigenvalue weighted by Crippen LogP contribution is -2.51. The molecule has 1 rings (SSSR count). The van der Waals surface area contributed by atoms with Crippen molar-refractivity contribution in [1.82, 2.24) is 5.32 Å². The quantitative estimate of drug-likeness (QED) is 0.577. The second-order valence-electron chi connectivity index (χ2n) is 4.72. The number of benzene rings is 1. The van der Waals surface area contributed by atoms with Crippen molar-refractivity contribution in [3.63, 3.8) is 0 Å². The van der Waals surface area contributed by atoms with Crippen molar-refractivity contribution in [2.75, 3.05) is 6.61 Å². The summed E-state index contributed by atoms with van der Waals surface area (Å²) >= 11 is 0. The summed E-state index contributed by atoms with van der Waals surface area (Å²) in [7, 11) is 3.60. The Bertz CT molecular complexity index is 452. The maximum absolute atomic E-state index is 12.0. The van der Waals surface area contributed by atoms with Crippen molar-refractivity contribution in [3.8, 4) is 0 Å². The molecule has 100 valence electrons. The van der Waals surface area contributed by atoms with Gasteiger partial charge in [-0.2, -0.15) is 0 Å². The molecule has 0 heterocycles. The zero-order valence-corrected chi connectivity index (χ0v) is 11.9. The summed E-state index contributed by atoms with van der Waals surface area (Å²) in [6, 6.07) is 9.45. The largest absolute Gasteiger partial charge is 0.466 e. The van der Waals surface area contributed by atoms with Crippen molar-refractivity contribution in [1.29, 1.82) is 0 Å². The van der Waals surface area contributed by atoms with E-state index >= 15 is 0 Å². The van der Waals surface area contributed by atoms with Gasteiger partial charge in [-0.15, -0.1) is 0 Å². The van der Waals surface area contributed by atoms with E-state index in [2.05, 4.69) is 5.32 Å². The summed E-state index contributed by atoms with van der Waals surface area (Å²) < 4.78 is 5.06. The Morgan fingerprint density at radius 1 is 1.37 bits per heavy atom. The molecular formula is C13H19B2NO3. The smallest absolute Gasteiger partial charge is 0.302 e. The minimum Gasteiger partial charge on any atom is -0.466 e. The van der Waals surface area contributed by atoms with Crippen LogP contribution in [-0.4, -0.2) is 34.2 Å². The number of hydrogen-bond donors (Lipinski definition) is 1. The van der Waals surface area contributed by atoms with Gasteiger partial charge in [0.25, 0.3) is 0 Å². The van der Waals surface area contributed by atoms with Gasteiger partial charge in [-0.05, 0) is 12.5 Å². The zero-order valence-electron chi connectivity index (χ0n) is 11.9. The third kappa shape index (κ3) is 3.63. The number of nitrogens with one attached hydrogen (secondary N) is 1. The summed E-state index contributed by atoms with van der Waals surface area (Å²) in [4.78, 5) is 23.4. The fraction of sp³-hybridized carbons (Fsp3) is 0.385. The summed E-state index contributed by atoms with van der Waals surface area (Å²) in [5, 5.41) is 2.87. The molecule has 19 heavy (non-hydrogen) atoms. The number of ether oxygens (including phenoxy) is 1. The molecule has 1 N–H and O–H groups in total. The lowest BCUT2D eigenvalue weighted by Gasteiger charge is -2.36. The molecule has 2 unspecified atom stereocenters. The molecule has 1 aromatic carbocycles. The predicted octanol–water partition coefficient (Wildman–Crippen LogP) is -0.407. The molecule has 0 saturated carbocycles. The van der Waals surface area contributed by atoms with E-state index in [-0.39, 0.29) is 11.9 Å². The molecule has 4 nitrogen and oxygen atoms in total. The Labute approximate surface area is 115 Å². The van der Waals surface area contributed by atoms with Gasteiger partial charge in [0.05, 0.1) is 6.61 Å². The fourth-order valence-corrected chi connectivity index (χ4v) is 2.08. The molecule has 0 radical (unpaired) electrons. The Kier molecular flexibility index (Phi) is 5.21. The first-order valence-electron chi connectivity index (χ1n) is 6.42. The second-order valence-corrected chi connectivity index (χ2v) is 4.72. The van der Waals surface area contributed by atoms with E-state index in [1.807, 2.05) is 38.2 Å². The molecule has 0 aliphatic carbocycles. The van der Waals surface area contributed by atoms with Crippen molar-refractivity contribution in [2.24, 2.45) is 0 Å². The van der Waals surface area contributed by atoms with Gasteiger partial charge in [-0.1, -0.05) is 30.3 Å². The van der Waals surface area contributed by atoms with Crippen LogP contribution in [0.2, 0.25) is 5.82 Å². The lowest BCUT2D eigenvalue weighted by atomic mass is 9.57. The highest BCUT2D eigenvalue weighted by Crippen LogP contribution is 2.30. The highest BCUT2D eigenvalue weighted by molar-refractivity contribution is 6.32. The molecule has 0 saturated heterocycles. The highest BCUT2D eigenvalue weighted by atomic mass is 16.5. The van der Waals surface area contributed by atoms with Crippen LogP contribution in [0.3, 0.4) is 0 Å². The number of carbonyl (C=O) groups is 2. The van der Waals surface area contributed by atoms with Crippen LogP contribution in [0, 0.1) is 0 Å². The maximum atomic E-state index is 12.0. The van der Waals surface area contributed by atoms with Gasteiger partial charge in [-0.25, -0.2) is 0 Å². The highest BCUT2D eigenvalue weighted by Gasteiger charge is 2.38. The van der Waals surface area contributed by atoms with Gasteiger partial charge in [0.15, 0.2) is 0 Å². The summed E-state index contributed by atoms with van der Waals surface area (Å²) in [5.41, 5.74) is 0.102. The van der Waals surface area contributed by atoms with E-state index in [1.165, 1.54) is 6.92 Å². The lowest BCUT2D eigenvalue weighted by molar-refractivity contribution is -0.144. The van der Waals surface area contributed by atoms with E-state index in [4.69, 9.17) is 4.74 Å². The van der Waals surface area contributed by atoms with Gasteiger partial charge < -0.3 is 10.1 Å². The number of rotatable bonds is 5. The molecule has 2 atom stereocenters. The van der Waals surface area contributed by atoms with Crippen LogP contribution in [0.5, 0.6) is 0 Å². The minimum absolute atomic E-state index is 0.178. The number of amides is 1. The van der Waals surface area contributed by atoms with E-state index < -0.39 is 11.3 Å². The van der Waals surface area contributed by atoms with Crippen LogP contribution in [0.1, 0.15) is 19.4 Å². The van der Waals surface area contributed by atoms with Crippen LogP contribution in [0.25, 0.3) is 0 Å². The van der Waals surface area contributed by atoms with E-state index in [9.17, 15) is 9.59 Å². The molecule has 1 aromatic rings. The summed E-state index contributed by atoms with van der Waals surface area (Å²) in [6.07, 6.45) is 0. The standard InChI is InChI=1S/C13H19B2NO3/c1-3-19-12(18)11(14)13(15,16-9(2)17)10-7-5-4-6-8-10/h4-8,11H,3,14-15H2,1-2H3,(H,16,17). The third-order valence-corrected chi connectivity index (χ3v) is 3.32. The first-order chi connectivity index (χ1) is 8.91. The van der Waals surface area contributed by atoms with Crippen molar-refractivity contribution >= 4 is 27.6 Å². The average molecular weight is 259 g/mol. The zero-order chi connectivity index (χ0) is 14.5. The Morgan fingerprint density at radius 3 is 2.42 bits per heavy atom. The van der Waals surface area contributed by atoms with Crippen LogP contribution in [0.15, 0.2) is 30.3 Å². The van der Waals surface area contributed by atoms with Gasteiger partial charge in [0.2, 0.25) is 5.91 Å². The van der Waals surface area contributed by atoms with Crippen molar-refractivity contribution in [2.45, 2.75) is 25.1 Å². The monoisotopic (exact) mass is 259 g/mol. The van der Waals surface area contributed by atoms with Gasteiger partial charge in [0, 0.05) is 18.2 Å². The molecule has 6 heteroatoms. The van der Waals surface area contributed by atoms with Gasteiger partial charge in [-0.3, -0.25) is 9.59 Å². The second kappa shape index (κ2) is 6.45. The molecule has 0 bridgehead atoms. The normalized spacial score (nSPS) is 15.1. The van der Waals surface area contributed by atoms with E-state index in [0.29, 0.717) is 6.61 Å². The fourth-order valence-electron chi connectivity index (χ4n) is 2.08. The predicted molar refractivity (Wildman–Crippen MR) is 79.4 cm³/mol. The Hall–Kier alpha value is -1.71. The molecule has 0 spiro atoms. The van der Waals surface area contributed by atoms with Crippen LogP contribution >= 0.6 is 0 Å². The van der Waals surface area contributed by atoms with Crippen LogP contribution in [-0.2, 0) is 19.8 Å². The Balaban J connectivity index is 3.13. The molecule has 0 aliphatic heterocycles.